The highest BCUT2D eigenvalue weighted by atomic mass is 19.3. The summed E-state index contributed by atoms with van der Waals surface area (Å²) in [5.41, 5.74) is 1.79. The van der Waals surface area contributed by atoms with Crippen LogP contribution in [0.2, 0.25) is 0 Å². The van der Waals surface area contributed by atoms with Crippen molar-refractivity contribution in [3.8, 4) is 11.8 Å². The second-order valence-corrected chi connectivity index (χ2v) is 5.13. The minimum absolute atomic E-state index is 0.160. The lowest BCUT2D eigenvalue weighted by molar-refractivity contribution is -0.0498. The van der Waals surface area contributed by atoms with E-state index in [-0.39, 0.29) is 11.7 Å². The van der Waals surface area contributed by atoms with Gasteiger partial charge in [-0.1, -0.05) is 6.07 Å². The third-order valence-electron chi connectivity index (χ3n) is 3.68. The van der Waals surface area contributed by atoms with E-state index >= 15 is 0 Å². The zero-order chi connectivity index (χ0) is 13.4. The van der Waals surface area contributed by atoms with E-state index in [9.17, 15) is 8.78 Å². The van der Waals surface area contributed by atoms with Gasteiger partial charge in [0.25, 0.3) is 0 Å². The van der Waals surface area contributed by atoms with Gasteiger partial charge in [0.1, 0.15) is 5.75 Å². The zero-order valence-corrected chi connectivity index (χ0v) is 10.4. The summed E-state index contributed by atoms with van der Waals surface area (Å²) in [4.78, 5) is 2.12. The van der Waals surface area contributed by atoms with Crippen LogP contribution in [0.1, 0.15) is 24.3 Å². The zero-order valence-electron chi connectivity index (χ0n) is 10.4. The Kier molecular flexibility index (Phi) is 3.02. The van der Waals surface area contributed by atoms with Crippen LogP contribution in [0.25, 0.3) is 0 Å². The van der Waals surface area contributed by atoms with Gasteiger partial charge in [0.05, 0.1) is 12.0 Å². The smallest absolute Gasteiger partial charge is 0.387 e. The van der Waals surface area contributed by atoms with Crippen LogP contribution in [0.3, 0.4) is 0 Å². The van der Waals surface area contributed by atoms with Gasteiger partial charge in [0.15, 0.2) is 0 Å². The van der Waals surface area contributed by atoms with Crippen molar-refractivity contribution in [1.29, 1.82) is 5.26 Å². The molecule has 0 N–H and O–H groups in total. The molecule has 1 atom stereocenters. The SMILES string of the molecule is N#CC1CN(CC2CC2)c2cc(OC(F)F)ccc21. The molecule has 0 amide bonds. The summed E-state index contributed by atoms with van der Waals surface area (Å²) in [5.74, 6) is 0.674. The lowest BCUT2D eigenvalue weighted by Crippen LogP contribution is -2.24. The Morgan fingerprint density at radius 1 is 1.42 bits per heavy atom. The first-order valence-electron chi connectivity index (χ1n) is 6.40. The average molecular weight is 264 g/mol. The van der Waals surface area contributed by atoms with Crippen molar-refractivity contribution in [2.24, 2.45) is 5.92 Å². The largest absolute Gasteiger partial charge is 0.435 e. The fraction of sp³-hybridized carbons (Fsp3) is 0.500. The minimum atomic E-state index is -2.82. The summed E-state index contributed by atoms with van der Waals surface area (Å²) < 4.78 is 28.9. The molecule has 19 heavy (non-hydrogen) atoms. The highest BCUT2D eigenvalue weighted by Crippen LogP contribution is 2.41. The Hall–Kier alpha value is -1.83. The number of hydrogen-bond acceptors (Lipinski definition) is 3. The first kappa shape index (κ1) is 12.2. The van der Waals surface area contributed by atoms with E-state index in [0.717, 1.165) is 17.8 Å². The van der Waals surface area contributed by atoms with E-state index in [4.69, 9.17) is 5.26 Å². The molecule has 0 saturated heterocycles. The van der Waals surface area contributed by atoms with Gasteiger partial charge in [-0.25, -0.2) is 0 Å². The Labute approximate surface area is 110 Å². The third-order valence-corrected chi connectivity index (χ3v) is 3.68. The van der Waals surface area contributed by atoms with Gasteiger partial charge in [0.2, 0.25) is 0 Å². The third kappa shape index (κ3) is 2.48. The van der Waals surface area contributed by atoms with Crippen LogP contribution in [0.15, 0.2) is 18.2 Å². The summed E-state index contributed by atoms with van der Waals surface area (Å²) in [6.45, 7) is -1.26. The van der Waals surface area contributed by atoms with Crippen molar-refractivity contribution in [2.75, 3.05) is 18.0 Å². The highest BCUT2D eigenvalue weighted by molar-refractivity contribution is 5.64. The van der Waals surface area contributed by atoms with E-state index < -0.39 is 6.61 Å². The molecule has 1 aliphatic heterocycles. The van der Waals surface area contributed by atoms with Gasteiger partial charge in [-0.2, -0.15) is 14.0 Å². The van der Waals surface area contributed by atoms with Crippen LogP contribution >= 0.6 is 0 Å². The average Bonchev–Trinajstić information content (AvgIpc) is 3.11. The second kappa shape index (κ2) is 4.69. The van der Waals surface area contributed by atoms with Gasteiger partial charge in [-0.3, -0.25) is 0 Å². The second-order valence-electron chi connectivity index (χ2n) is 5.13. The fourth-order valence-corrected chi connectivity index (χ4v) is 2.58. The van der Waals surface area contributed by atoms with E-state index in [0.29, 0.717) is 12.5 Å². The maximum absolute atomic E-state index is 12.2. The number of fused-ring (bicyclic) bond motifs is 1. The molecule has 1 aromatic carbocycles. The van der Waals surface area contributed by atoms with Crippen molar-refractivity contribution >= 4 is 5.69 Å². The van der Waals surface area contributed by atoms with Crippen LogP contribution in [0, 0.1) is 17.2 Å². The van der Waals surface area contributed by atoms with E-state index in [2.05, 4.69) is 15.7 Å². The Morgan fingerprint density at radius 2 is 2.21 bits per heavy atom. The van der Waals surface area contributed by atoms with Crippen molar-refractivity contribution < 1.29 is 13.5 Å². The molecule has 0 bridgehead atoms. The Morgan fingerprint density at radius 3 is 2.84 bits per heavy atom. The first-order valence-corrected chi connectivity index (χ1v) is 6.40. The number of anilines is 1. The fourth-order valence-electron chi connectivity index (χ4n) is 2.58. The summed E-state index contributed by atoms with van der Waals surface area (Å²) in [7, 11) is 0. The van der Waals surface area contributed by atoms with Crippen LogP contribution in [-0.4, -0.2) is 19.7 Å². The molecule has 0 radical (unpaired) electrons. The summed E-state index contributed by atoms with van der Waals surface area (Å²) in [5, 5.41) is 9.17. The van der Waals surface area contributed by atoms with Crippen molar-refractivity contribution in [3.05, 3.63) is 23.8 Å². The highest BCUT2D eigenvalue weighted by Gasteiger charge is 2.33. The molecule has 2 aliphatic rings. The molecule has 1 heterocycles. The van der Waals surface area contributed by atoms with Crippen molar-refractivity contribution in [1.82, 2.24) is 0 Å². The lowest BCUT2D eigenvalue weighted by Gasteiger charge is -2.19. The Balaban J connectivity index is 1.88. The van der Waals surface area contributed by atoms with Gasteiger partial charge < -0.3 is 9.64 Å². The molecule has 3 rings (SSSR count). The molecular formula is C14H14F2N2O. The van der Waals surface area contributed by atoms with Crippen LogP contribution < -0.4 is 9.64 Å². The number of halogens is 2. The molecule has 0 spiro atoms. The molecule has 1 fully saturated rings. The number of ether oxygens (including phenoxy) is 1. The molecule has 0 aromatic heterocycles. The number of hydrogen-bond donors (Lipinski definition) is 0. The van der Waals surface area contributed by atoms with Crippen LogP contribution in [-0.2, 0) is 0 Å². The number of benzene rings is 1. The number of nitrogens with zero attached hydrogens (tertiary/aromatic N) is 2. The van der Waals surface area contributed by atoms with Gasteiger partial charge >= 0.3 is 6.61 Å². The summed E-state index contributed by atoms with van der Waals surface area (Å²) >= 11 is 0. The molecule has 1 unspecified atom stereocenters. The topological polar surface area (TPSA) is 36.3 Å². The molecule has 1 saturated carbocycles. The summed E-state index contributed by atoms with van der Waals surface area (Å²) in [6.07, 6.45) is 2.44. The molecule has 5 heteroatoms. The van der Waals surface area contributed by atoms with E-state index in [1.807, 2.05) is 0 Å². The van der Waals surface area contributed by atoms with E-state index in [1.165, 1.54) is 18.9 Å². The van der Waals surface area contributed by atoms with Gasteiger partial charge in [-0.05, 0) is 30.4 Å². The van der Waals surface area contributed by atoms with Crippen LogP contribution in [0.5, 0.6) is 5.75 Å². The normalized spacial score (nSPS) is 21.4. The molecule has 3 nitrogen and oxygen atoms in total. The van der Waals surface area contributed by atoms with Crippen molar-refractivity contribution in [3.63, 3.8) is 0 Å². The van der Waals surface area contributed by atoms with Crippen molar-refractivity contribution in [2.45, 2.75) is 25.4 Å². The quantitative estimate of drug-likeness (QED) is 0.838. The van der Waals surface area contributed by atoms with Crippen LogP contribution in [0.4, 0.5) is 14.5 Å². The minimum Gasteiger partial charge on any atom is -0.435 e. The number of rotatable bonds is 4. The lowest BCUT2D eigenvalue weighted by atomic mass is 10.0. The standard InChI is InChI=1S/C14H14F2N2O/c15-14(16)19-11-3-4-12-10(6-17)8-18(13(12)5-11)7-9-1-2-9/h3-5,9-10,14H,1-2,7-8H2. The predicted molar refractivity (Wildman–Crippen MR) is 66.4 cm³/mol. The maximum Gasteiger partial charge on any atom is 0.387 e. The molecular weight excluding hydrogens is 250 g/mol. The molecule has 1 aliphatic carbocycles. The number of alkyl halides is 2. The molecule has 100 valence electrons. The van der Waals surface area contributed by atoms with Gasteiger partial charge in [-0.15, -0.1) is 0 Å². The number of nitriles is 1. The molecule has 1 aromatic rings. The summed E-state index contributed by atoms with van der Waals surface area (Å²) in [6, 6.07) is 7.14. The van der Waals surface area contributed by atoms with E-state index in [1.54, 1.807) is 12.1 Å². The monoisotopic (exact) mass is 264 g/mol. The maximum atomic E-state index is 12.2. The van der Waals surface area contributed by atoms with Gasteiger partial charge in [0, 0.05) is 24.8 Å². The predicted octanol–water partition coefficient (Wildman–Crippen LogP) is 3.13. The Bertz CT molecular complexity index is 523. The first-order chi connectivity index (χ1) is 9.17.